The lowest BCUT2D eigenvalue weighted by Gasteiger charge is -2.28. The maximum absolute atomic E-state index is 11.4. The van der Waals surface area contributed by atoms with Gasteiger partial charge < -0.3 is 4.74 Å². The number of fused-ring (bicyclic) bond motifs is 3. The first-order chi connectivity index (χ1) is 8.75. The van der Waals surface area contributed by atoms with Crippen molar-refractivity contribution in [2.75, 3.05) is 0 Å². The first kappa shape index (κ1) is 11.0. The molecule has 18 heavy (non-hydrogen) atoms. The van der Waals surface area contributed by atoms with E-state index in [4.69, 9.17) is 4.74 Å². The molecule has 2 aromatic rings. The molecule has 90 valence electrons. The van der Waals surface area contributed by atoms with Crippen molar-refractivity contribution in [1.82, 2.24) is 0 Å². The summed E-state index contributed by atoms with van der Waals surface area (Å²) in [5, 5.41) is 0. The van der Waals surface area contributed by atoms with Crippen LogP contribution in [0.1, 0.15) is 25.0 Å². The molecule has 1 atom stereocenters. The van der Waals surface area contributed by atoms with E-state index in [1.54, 1.807) is 6.92 Å². The Morgan fingerprint density at radius 3 is 2.50 bits per heavy atom. The van der Waals surface area contributed by atoms with Crippen molar-refractivity contribution in [2.45, 2.75) is 19.4 Å². The molecule has 1 unspecified atom stereocenters. The summed E-state index contributed by atoms with van der Waals surface area (Å²) in [7, 11) is 0. The molecule has 0 amide bonds. The fourth-order valence-electron chi connectivity index (χ4n) is 2.44. The first-order valence-electron chi connectivity index (χ1n) is 6.10. The van der Waals surface area contributed by atoms with Crippen LogP contribution in [0, 0.1) is 0 Å². The fraction of sp³-hybridized carbons (Fsp3) is 0.188. The topological polar surface area (TPSA) is 26.3 Å². The molecule has 0 bridgehead atoms. The van der Waals surface area contributed by atoms with E-state index in [1.807, 2.05) is 36.4 Å². The van der Waals surface area contributed by atoms with Gasteiger partial charge in [0.25, 0.3) is 0 Å². The van der Waals surface area contributed by atoms with Gasteiger partial charge in [-0.15, -0.1) is 0 Å². The van der Waals surface area contributed by atoms with E-state index in [-0.39, 0.29) is 11.9 Å². The predicted octanol–water partition coefficient (Wildman–Crippen LogP) is 3.77. The molecular weight excluding hydrogens is 224 g/mol. The zero-order chi connectivity index (χ0) is 12.5. The Morgan fingerprint density at radius 2 is 1.72 bits per heavy atom. The zero-order valence-corrected chi connectivity index (χ0v) is 10.2. The van der Waals surface area contributed by atoms with Crippen molar-refractivity contribution in [3.05, 3.63) is 54.1 Å². The third kappa shape index (κ3) is 1.80. The van der Waals surface area contributed by atoms with Gasteiger partial charge in [0.05, 0.1) is 0 Å². The minimum Gasteiger partial charge on any atom is -0.485 e. The number of para-hydroxylation sites is 1. The maximum atomic E-state index is 11.4. The molecule has 1 heterocycles. The third-order valence-electron chi connectivity index (χ3n) is 3.23. The highest BCUT2D eigenvalue weighted by Gasteiger charge is 2.26. The number of rotatable bonds is 2. The number of hydrogen-bond donors (Lipinski definition) is 0. The smallest absolute Gasteiger partial charge is 0.133 e. The quantitative estimate of drug-likeness (QED) is 0.796. The summed E-state index contributed by atoms with van der Waals surface area (Å²) in [6.07, 6.45) is 0.263. The van der Waals surface area contributed by atoms with Crippen molar-refractivity contribution in [2.24, 2.45) is 0 Å². The van der Waals surface area contributed by atoms with Crippen LogP contribution >= 0.6 is 0 Å². The van der Waals surface area contributed by atoms with E-state index in [1.165, 1.54) is 5.56 Å². The lowest BCUT2D eigenvalue weighted by atomic mass is 9.91. The molecule has 3 rings (SSSR count). The lowest BCUT2D eigenvalue weighted by Crippen LogP contribution is -2.16. The van der Waals surface area contributed by atoms with Gasteiger partial charge in [0.15, 0.2) is 0 Å². The van der Waals surface area contributed by atoms with Crippen molar-refractivity contribution >= 4 is 5.78 Å². The predicted molar refractivity (Wildman–Crippen MR) is 70.5 cm³/mol. The van der Waals surface area contributed by atoms with E-state index in [2.05, 4.69) is 12.1 Å². The van der Waals surface area contributed by atoms with Gasteiger partial charge in [-0.2, -0.15) is 0 Å². The van der Waals surface area contributed by atoms with Crippen molar-refractivity contribution in [1.29, 1.82) is 0 Å². The molecule has 0 spiro atoms. The molecule has 0 radical (unpaired) electrons. The Bertz CT molecular complexity index is 602. The van der Waals surface area contributed by atoms with E-state index < -0.39 is 0 Å². The van der Waals surface area contributed by atoms with Gasteiger partial charge in [-0.3, -0.25) is 4.79 Å². The summed E-state index contributed by atoms with van der Waals surface area (Å²) >= 11 is 0. The third-order valence-corrected chi connectivity index (χ3v) is 3.23. The van der Waals surface area contributed by atoms with Crippen LogP contribution in [-0.2, 0) is 4.79 Å². The normalized spacial score (nSPS) is 16.4. The highest BCUT2D eigenvalue weighted by Crippen LogP contribution is 2.43. The van der Waals surface area contributed by atoms with E-state index in [0.29, 0.717) is 6.42 Å². The number of ether oxygens (including phenoxy) is 1. The molecule has 0 fully saturated rings. The summed E-state index contributed by atoms with van der Waals surface area (Å²) in [4.78, 5) is 11.4. The van der Waals surface area contributed by atoms with Crippen LogP contribution in [0.2, 0.25) is 0 Å². The largest absolute Gasteiger partial charge is 0.485 e. The van der Waals surface area contributed by atoms with Crippen LogP contribution in [0.4, 0.5) is 0 Å². The summed E-state index contributed by atoms with van der Waals surface area (Å²) in [5.74, 6) is 1.01. The van der Waals surface area contributed by atoms with Crippen LogP contribution in [0.3, 0.4) is 0 Å². The molecular formula is C16H14O2. The van der Waals surface area contributed by atoms with E-state index in [9.17, 15) is 4.79 Å². The Kier molecular flexibility index (Phi) is 2.63. The summed E-state index contributed by atoms with van der Waals surface area (Å²) in [5.41, 5.74) is 3.38. The number of benzene rings is 2. The molecule has 0 N–H and O–H groups in total. The summed E-state index contributed by atoms with van der Waals surface area (Å²) in [6, 6.07) is 16.1. The number of hydrogen-bond acceptors (Lipinski definition) is 2. The molecule has 2 heteroatoms. The molecule has 2 aromatic carbocycles. The Hall–Kier alpha value is -2.09. The number of ketones is 1. The van der Waals surface area contributed by atoms with Gasteiger partial charge in [0.1, 0.15) is 17.6 Å². The second-order valence-corrected chi connectivity index (χ2v) is 4.60. The van der Waals surface area contributed by atoms with Crippen LogP contribution in [0.5, 0.6) is 5.75 Å². The van der Waals surface area contributed by atoms with Gasteiger partial charge in [-0.25, -0.2) is 0 Å². The van der Waals surface area contributed by atoms with E-state index >= 15 is 0 Å². The standard InChI is InChI=1S/C16H14O2/c1-11(17)10-16-14-8-3-2-6-12(14)13-7-4-5-9-15(13)18-16/h2-9,16H,10H2,1H3. The van der Waals surface area contributed by atoms with Crippen LogP contribution < -0.4 is 4.74 Å². The van der Waals surface area contributed by atoms with Crippen molar-refractivity contribution in [3.8, 4) is 16.9 Å². The maximum Gasteiger partial charge on any atom is 0.133 e. The highest BCUT2D eigenvalue weighted by atomic mass is 16.5. The Labute approximate surface area is 106 Å². The van der Waals surface area contributed by atoms with Crippen molar-refractivity contribution < 1.29 is 9.53 Å². The average Bonchev–Trinajstić information content (AvgIpc) is 2.38. The number of carbonyl (C=O) groups is 1. The molecule has 1 aliphatic rings. The molecule has 1 aliphatic heterocycles. The average molecular weight is 238 g/mol. The first-order valence-corrected chi connectivity index (χ1v) is 6.10. The van der Waals surface area contributed by atoms with E-state index in [0.717, 1.165) is 16.9 Å². The van der Waals surface area contributed by atoms with Crippen LogP contribution in [0.15, 0.2) is 48.5 Å². The zero-order valence-electron chi connectivity index (χ0n) is 10.2. The van der Waals surface area contributed by atoms with Gasteiger partial charge >= 0.3 is 0 Å². The number of carbonyl (C=O) groups excluding carboxylic acids is 1. The van der Waals surface area contributed by atoms with Crippen LogP contribution in [0.25, 0.3) is 11.1 Å². The highest BCUT2D eigenvalue weighted by molar-refractivity contribution is 5.80. The number of Topliss-reactive ketones (excluding diaryl/α,β-unsaturated/α-hetero) is 1. The molecule has 2 nitrogen and oxygen atoms in total. The van der Waals surface area contributed by atoms with Gasteiger partial charge in [-0.1, -0.05) is 42.5 Å². The molecule has 0 aliphatic carbocycles. The van der Waals surface area contributed by atoms with Crippen LogP contribution in [-0.4, -0.2) is 5.78 Å². The minimum absolute atomic E-state index is 0.147. The molecule has 0 saturated carbocycles. The molecule has 0 saturated heterocycles. The molecule has 0 aromatic heterocycles. The fourth-order valence-corrected chi connectivity index (χ4v) is 2.44. The Morgan fingerprint density at radius 1 is 1.06 bits per heavy atom. The SMILES string of the molecule is CC(=O)CC1Oc2ccccc2-c2ccccc21. The monoisotopic (exact) mass is 238 g/mol. The van der Waals surface area contributed by atoms with Gasteiger partial charge in [0, 0.05) is 17.5 Å². The summed E-state index contributed by atoms with van der Waals surface area (Å²) in [6.45, 7) is 1.60. The van der Waals surface area contributed by atoms with Gasteiger partial charge in [-0.05, 0) is 18.6 Å². The Balaban J connectivity index is 2.13. The van der Waals surface area contributed by atoms with Gasteiger partial charge in [0.2, 0.25) is 0 Å². The minimum atomic E-state index is -0.159. The second-order valence-electron chi connectivity index (χ2n) is 4.60. The second kappa shape index (κ2) is 4.30. The summed E-state index contributed by atoms with van der Waals surface area (Å²) < 4.78 is 5.95. The van der Waals surface area contributed by atoms with Crippen molar-refractivity contribution in [3.63, 3.8) is 0 Å². The lowest BCUT2D eigenvalue weighted by molar-refractivity contribution is -0.118.